The van der Waals surface area contributed by atoms with Gasteiger partial charge in [0.2, 0.25) is 0 Å². The molecule has 0 unspecified atom stereocenters. The molecule has 1 amide bonds. The van der Waals surface area contributed by atoms with Gasteiger partial charge >= 0.3 is 5.97 Å². The second-order valence-electron chi connectivity index (χ2n) is 8.29. The van der Waals surface area contributed by atoms with Crippen molar-refractivity contribution < 1.29 is 19.1 Å². The van der Waals surface area contributed by atoms with E-state index in [1.165, 1.54) is 13.3 Å². The van der Waals surface area contributed by atoms with E-state index in [1.807, 2.05) is 48.5 Å². The number of nitrogens with zero attached hydrogens (tertiary/aromatic N) is 1. The molecule has 0 fully saturated rings. The van der Waals surface area contributed by atoms with E-state index in [-0.39, 0.29) is 0 Å². The number of carbonyl (C=O) groups excluding carboxylic acids is 2. The molecule has 2 N–H and O–H groups in total. The lowest BCUT2D eigenvalue weighted by Crippen LogP contribution is -2.19. The van der Waals surface area contributed by atoms with E-state index < -0.39 is 11.9 Å². The molecule has 4 aromatic carbocycles. The van der Waals surface area contributed by atoms with Crippen molar-refractivity contribution in [3.05, 3.63) is 118 Å². The molecule has 1 aromatic heterocycles. The largest absolute Gasteiger partial charge is 0.497 e. The number of aromatic nitrogens is 1. The maximum Gasteiger partial charge on any atom is 0.343 e. The topological polar surface area (TPSA) is 92.8 Å². The van der Waals surface area contributed by atoms with Gasteiger partial charge in [0.1, 0.15) is 17.2 Å². The fraction of sp³-hybridized carbons (Fsp3) is 0.0333. The molecule has 0 radical (unpaired) electrons. The number of para-hydroxylation sites is 1. The Labute approximate surface area is 227 Å². The number of benzene rings is 4. The van der Waals surface area contributed by atoms with Crippen LogP contribution in [0.25, 0.3) is 22.0 Å². The van der Waals surface area contributed by atoms with E-state index in [1.54, 1.807) is 48.5 Å². The van der Waals surface area contributed by atoms with E-state index in [0.29, 0.717) is 28.3 Å². The lowest BCUT2D eigenvalue weighted by Gasteiger charge is -2.08. The summed E-state index contributed by atoms with van der Waals surface area (Å²) in [6.45, 7) is 0. The van der Waals surface area contributed by atoms with Crippen LogP contribution >= 0.6 is 15.9 Å². The van der Waals surface area contributed by atoms with E-state index in [2.05, 4.69) is 31.4 Å². The number of ether oxygens (including phenoxy) is 2. The molecule has 0 saturated heterocycles. The Hall–Kier alpha value is -4.69. The molecule has 0 saturated carbocycles. The zero-order valence-corrected chi connectivity index (χ0v) is 21.9. The maximum atomic E-state index is 13.2. The Kier molecular flexibility index (Phi) is 7.33. The quantitative estimate of drug-likeness (QED) is 0.100. The van der Waals surface area contributed by atoms with Gasteiger partial charge < -0.3 is 14.5 Å². The van der Waals surface area contributed by atoms with E-state index in [4.69, 9.17) is 9.47 Å². The van der Waals surface area contributed by atoms with Gasteiger partial charge in [-0.25, -0.2) is 10.2 Å². The first-order valence-corrected chi connectivity index (χ1v) is 12.5. The highest BCUT2D eigenvalue weighted by atomic mass is 79.9. The van der Waals surface area contributed by atoms with Crippen LogP contribution < -0.4 is 14.9 Å². The minimum Gasteiger partial charge on any atom is -0.497 e. The van der Waals surface area contributed by atoms with Crippen molar-refractivity contribution in [1.82, 2.24) is 10.4 Å². The molecule has 0 spiro atoms. The summed E-state index contributed by atoms with van der Waals surface area (Å²) < 4.78 is 11.7. The third kappa shape index (κ3) is 5.35. The second-order valence-corrected chi connectivity index (χ2v) is 9.21. The van der Waals surface area contributed by atoms with Gasteiger partial charge in [0.15, 0.2) is 0 Å². The minimum atomic E-state index is -0.537. The number of rotatable bonds is 7. The van der Waals surface area contributed by atoms with Gasteiger partial charge in [0.25, 0.3) is 5.91 Å². The van der Waals surface area contributed by atoms with Gasteiger partial charge in [-0.2, -0.15) is 5.10 Å². The first-order valence-electron chi connectivity index (χ1n) is 11.7. The van der Waals surface area contributed by atoms with Crippen molar-refractivity contribution in [2.45, 2.75) is 0 Å². The first-order chi connectivity index (χ1) is 18.5. The number of esters is 1. The number of H-pyrrole nitrogens is 1. The summed E-state index contributed by atoms with van der Waals surface area (Å²) in [7, 11) is 1.53. The van der Waals surface area contributed by atoms with Crippen LogP contribution in [-0.2, 0) is 0 Å². The molecule has 0 bridgehead atoms. The molecular formula is C30H22BrN3O4. The van der Waals surface area contributed by atoms with Gasteiger partial charge in [-0.1, -0.05) is 64.5 Å². The maximum absolute atomic E-state index is 13.2. The number of hydrogen-bond donors (Lipinski definition) is 2. The average molecular weight is 568 g/mol. The molecule has 38 heavy (non-hydrogen) atoms. The van der Waals surface area contributed by atoms with Crippen molar-refractivity contribution in [3.63, 3.8) is 0 Å². The highest BCUT2D eigenvalue weighted by Crippen LogP contribution is 2.34. The zero-order chi connectivity index (χ0) is 26.5. The number of carbonyl (C=O) groups is 2. The molecule has 0 atom stereocenters. The molecule has 0 aliphatic rings. The summed E-state index contributed by atoms with van der Waals surface area (Å²) in [5, 5.41) is 5.05. The molecule has 5 aromatic rings. The molecule has 188 valence electrons. The van der Waals surface area contributed by atoms with Gasteiger partial charge in [-0.3, -0.25) is 4.79 Å². The van der Waals surface area contributed by atoms with Crippen molar-refractivity contribution in [2.75, 3.05) is 7.11 Å². The van der Waals surface area contributed by atoms with E-state index >= 15 is 0 Å². The fourth-order valence-electron chi connectivity index (χ4n) is 4.04. The predicted molar refractivity (Wildman–Crippen MR) is 151 cm³/mol. The van der Waals surface area contributed by atoms with E-state index in [9.17, 15) is 9.59 Å². The molecule has 0 aliphatic carbocycles. The van der Waals surface area contributed by atoms with Crippen molar-refractivity contribution in [2.24, 2.45) is 5.10 Å². The molecule has 1 heterocycles. The second kappa shape index (κ2) is 11.1. The van der Waals surface area contributed by atoms with Crippen LogP contribution in [0.1, 0.15) is 26.4 Å². The normalized spacial score (nSPS) is 11.0. The highest BCUT2D eigenvalue weighted by molar-refractivity contribution is 9.10. The fourth-order valence-corrected chi connectivity index (χ4v) is 4.41. The predicted octanol–water partition coefficient (Wildman–Crippen LogP) is 6.59. The summed E-state index contributed by atoms with van der Waals surface area (Å²) in [5.41, 5.74) is 6.36. The number of fused-ring (bicyclic) bond motifs is 1. The Morgan fingerprint density at radius 1 is 0.921 bits per heavy atom. The summed E-state index contributed by atoms with van der Waals surface area (Å²) in [6.07, 6.45) is 1.44. The number of amides is 1. The van der Waals surface area contributed by atoms with Gasteiger partial charge in [0.05, 0.1) is 18.9 Å². The minimum absolute atomic E-state index is 0.304. The van der Waals surface area contributed by atoms with Crippen LogP contribution in [-0.4, -0.2) is 30.2 Å². The summed E-state index contributed by atoms with van der Waals surface area (Å²) in [6, 6.07) is 29.1. The smallest absolute Gasteiger partial charge is 0.343 e. The first kappa shape index (κ1) is 25.0. The van der Waals surface area contributed by atoms with Gasteiger partial charge in [-0.05, 0) is 54.1 Å². The lowest BCUT2D eigenvalue weighted by molar-refractivity contribution is 0.0733. The molecule has 5 rings (SSSR count). The van der Waals surface area contributed by atoms with Crippen molar-refractivity contribution >= 4 is 44.9 Å². The lowest BCUT2D eigenvalue weighted by atomic mass is 10.0. The van der Waals surface area contributed by atoms with Crippen LogP contribution in [0, 0.1) is 0 Å². The monoisotopic (exact) mass is 567 g/mol. The molecule has 7 nitrogen and oxygen atoms in total. The number of halogens is 1. The van der Waals surface area contributed by atoms with Crippen LogP contribution in [0.4, 0.5) is 0 Å². The Morgan fingerprint density at radius 3 is 2.53 bits per heavy atom. The molecular weight excluding hydrogens is 546 g/mol. The summed E-state index contributed by atoms with van der Waals surface area (Å²) >= 11 is 3.52. The third-order valence-corrected chi connectivity index (χ3v) is 6.34. The van der Waals surface area contributed by atoms with Gasteiger partial charge in [-0.15, -0.1) is 0 Å². The Bertz CT molecular complexity index is 1660. The number of aromatic amines is 1. The van der Waals surface area contributed by atoms with Crippen molar-refractivity contribution in [3.8, 4) is 22.6 Å². The standard InChI is InChI=1S/C30H22BrN3O4/c1-37-23-12-7-11-20(16-23)30(36)38-26-13-6-5-10-21(26)18-32-34-29(35)28-27(19-8-3-2-4-9-19)24-17-22(31)14-15-25(24)33-28/h2-18,33H,1H3,(H,34,35). The van der Waals surface area contributed by atoms with Crippen LogP contribution in [0.5, 0.6) is 11.5 Å². The number of nitrogens with one attached hydrogen (secondary N) is 2. The van der Waals surface area contributed by atoms with Gasteiger partial charge in [0, 0.05) is 26.5 Å². The van der Waals surface area contributed by atoms with Crippen LogP contribution in [0.3, 0.4) is 0 Å². The highest BCUT2D eigenvalue weighted by Gasteiger charge is 2.19. The zero-order valence-electron chi connectivity index (χ0n) is 20.3. The number of hydrazone groups is 1. The molecule has 8 heteroatoms. The van der Waals surface area contributed by atoms with Crippen LogP contribution in [0.15, 0.2) is 107 Å². The van der Waals surface area contributed by atoms with E-state index in [0.717, 1.165) is 26.5 Å². The molecule has 0 aliphatic heterocycles. The van der Waals surface area contributed by atoms with Crippen molar-refractivity contribution in [1.29, 1.82) is 0 Å². The Morgan fingerprint density at radius 2 is 1.71 bits per heavy atom. The SMILES string of the molecule is COc1cccc(C(=O)Oc2ccccc2C=NNC(=O)c2[nH]c3ccc(Br)cc3c2-c2ccccc2)c1. The summed E-state index contributed by atoms with van der Waals surface area (Å²) in [4.78, 5) is 29.1. The number of methoxy groups -OCH3 is 1. The third-order valence-electron chi connectivity index (χ3n) is 5.85. The summed E-state index contributed by atoms with van der Waals surface area (Å²) in [5.74, 6) is -0.0845. The van der Waals surface area contributed by atoms with Crippen LogP contribution in [0.2, 0.25) is 0 Å². The Balaban J connectivity index is 1.38. The number of hydrogen-bond acceptors (Lipinski definition) is 5. The average Bonchev–Trinajstić information content (AvgIpc) is 3.33.